The minimum absolute atomic E-state index is 0.00507. The summed E-state index contributed by atoms with van der Waals surface area (Å²) in [4.78, 5) is 3.95. The van der Waals surface area contributed by atoms with Crippen molar-refractivity contribution >= 4 is 0 Å². The predicted molar refractivity (Wildman–Crippen MR) is 64.0 cm³/mol. The van der Waals surface area contributed by atoms with Crippen molar-refractivity contribution in [2.24, 2.45) is 5.73 Å². The van der Waals surface area contributed by atoms with Crippen LogP contribution < -0.4 is 15.8 Å². The van der Waals surface area contributed by atoms with Crippen molar-refractivity contribution in [1.29, 1.82) is 0 Å². The van der Waals surface area contributed by atoms with Gasteiger partial charge in [0.1, 0.15) is 12.4 Å². The van der Waals surface area contributed by atoms with Crippen LogP contribution in [0.15, 0.2) is 24.5 Å². The normalized spacial score (nSPS) is 11.8. The van der Waals surface area contributed by atoms with E-state index in [1.54, 1.807) is 12.4 Å². The van der Waals surface area contributed by atoms with Crippen LogP contribution in [0, 0.1) is 12.3 Å². The van der Waals surface area contributed by atoms with E-state index in [1.807, 2.05) is 12.1 Å². The second-order valence-corrected chi connectivity index (χ2v) is 3.43. The number of pyridine rings is 1. The molecule has 0 aliphatic rings. The van der Waals surface area contributed by atoms with Crippen LogP contribution in [-0.2, 0) is 0 Å². The van der Waals surface area contributed by atoms with Crippen molar-refractivity contribution in [1.82, 2.24) is 10.3 Å². The lowest BCUT2D eigenvalue weighted by atomic mass is 10.2. The van der Waals surface area contributed by atoms with Crippen LogP contribution in [0.5, 0.6) is 5.75 Å². The minimum atomic E-state index is 0.00507. The second-order valence-electron chi connectivity index (χ2n) is 3.43. The molecule has 0 spiro atoms. The fraction of sp³-hybridized carbons (Fsp3) is 0.417. The molecule has 0 amide bonds. The Bertz CT molecular complexity index is 321. The van der Waals surface area contributed by atoms with Crippen LogP contribution in [-0.4, -0.2) is 30.7 Å². The van der Waals surface area contributed by atoms with Crippen LogP contribution in [0.2, 0.25) is 0 Å². The van der Waals surface area contributed by atoms with Gasteiger partial charge in [0.15, 0.2) is 0 Å². The molecular weight excluding hydrogens is 202 g/mol. The number of ether oxygens (including phenoxy) is 1. The van der Waals surface area contributed by atoms with Gasteiger partial charge in [0, 0.05) is 12.2 Å². The van der Waals surface area contributed by atoms with Gasteiger partial charge in [0.25, 0.3) is 0 Å². The highest BCUT2D eigenvalue weighted by atomic mass is 16.5. The van der Waals surface area contributed by atoms with Crippen molar-refractivity contribution in [2.75, 3.05) is 19.7 Å². The molecule has 1 aromatic rings. The molecule has 0 fully saturated rings. The summed E-state index contributed by atoms with van der Waals surface area (Å²) in [7, 11) is 0. The molecule has 3 N–H and O–H groups in total. The molecule has 1 rings (SSSR count). The number of hydrogen-bond donors (Lipinski definition) is 2. The summed E-state index contributed by atoms with van der Waals surface area (Å²) in [5, 5.41) is 3.08. The first-order valence-electron chi connectivity index (χ1n) is 5.25. The maximum atomic E-state index is 5.87. The first kappa shape index (κ1) is 12.5. The fourth-order valence-electron chi connectivity index (χ4n) is 1.17. The maximum absolute atomic E-state index is 5.87. The summed E-state index contributed by atoms with van der Waals surface area (Å²) in [6.45, 7) is 1.88. The molecule has 0 bridgehead atoms. The average Bonchev–Trinajstić information content (AvgIpc) is 2.33. The van der Waals surface area contributed by atoms with E-state index in [2.05, 4.69) is 16.2 Å². The van der Waals surface area contributed by atoms with E-state index >= 15 is 0 Å². The summed E-state index contributed by atoms with van der Waals surface area (Å²) < 4.78 is 5.47. The van der Waals surface area contributed by atoms with E-state index in [9.17, 15) is 0 Å². The lowest BCUT2D eigenvalue weighted by Crippen LogP contribution is -2.32. The topological polar surface area (TPSA) is 60.2 Å². The molecule has 4 nitrogen and oxygen atoms in total. The van der Waals surface area contributed by atoms with Gasteiger partial charge in [-0.1, -0.05) is 5.92 Å². The second kappa shape index (κ2) is 7.69. The van der Waals surface area contributed by atoms with Gasteiger partial charge in [-0.2, -0.15) is 0 Å². The van der Waals surface area contributed by atoms with Gasteiger partial charge in [-0.15, -0.1) is 6.42 Å². The van der Waals surface area contributed by atoms with Crippen LogP contribution >= 0.6 is 0 Å². The molecule has 4 heteroatoms. The molecule has 0 saturated heterocycles. The molecule has 1 unspecified atom stereocenters. The molecular formula is C12H17N3O. The largest absolute Gasteiger partial charge is 0.490 e. The number of rotatable bonds is 7. The number of nitrogens with two attached hydrogens (primary N) is 1. The highest BCUT2D eigenvalue weighted by molar-refractivity contribution is 5.15. The summed E-state index contributed by atoms with van der Waals surface area (Å²) in [6.07, 6.45) is 9.31. The molecule has 16 heavy (non-hydrogen) atoms. The molecule has 0 saturated carbocycles. The first-order valence-corrected chi connectivity index (χ1v) is 5.25. The van der Waals surface area contributed by atoms with Gasteiger partial charge in [0.2, 0.25) is 0 Å². The highest BCUT2D eigenvalue weighted by Crippen LogP contribution is 2.06. The molecule has 0 aliphatic heterocycles. The Morgan fingerprint density at radius 3 is 3.19 bits per heavy atom. The molecule has 86 valence electrons. The quantitative estimate of drug-likeness (QED) is 0.515. The van der Waals surface area contributed by atoms with Gasteiger partial charge in [0.05, 0.1) is 12.7 Å². The Hall–Kier alpha value is -1.57. The molecule has 0 aliphatic carbocycles. The van der Waals surface area contributed by atoms with Crippen LogP contribution in [0.25, 0.3) is 0 Å². The SMILES string of the molecule is C#CCNCCC(N)COc1cccnc1. The summed E-state index contributed by atoms with van der Waals surface area (Å²) in [6, 6.07) is 3.69. The monoisotopic (exact) mass is 219 g/mol. The van der Waals surface area contributed by atoms with E-state index in [0.717, 1.165) is 18.7 Å². The highest BCUT2D eigenvalue weighted by Gasteiger charge is 2.02. The van der Waals surface area contributed by atoms with Crippen LogP contribution in [0.1, 0.15) is 6.42 Å². The van der Waals surface area contributed by atoms with Crippen molar-refractivity contribution in [3.8, 4) is 18.1 Å². The number of aromatic nitrogens is 1. The van der Waals surface area contributed by atoms with Crippen molar-refractivity contribution in [3.05, 3.63) is 24.5 Å². The summed E-state index contributed by atoms with van der Waals surface area (Å²) >= 11 is 0. The molecule has 1 aromatic heterocycles. The van der Waals surface area contributed by atoms with Gasteiger partial charge in [-0.05, 0) is 25.1 Å². The maximum Gasteiger partial charge on any atom is 0.137 e. The fourth-order valence-corrected chi connectivity index (χ4v) is 1.17. The predicted octanol–water partition coefficient (Wildman–Crippen LogP) is 0.401. The molecule has 0 radical (unpaired) electrons. The molecule has 0 aromatic carbocycles. The zero-order valence-corrected chi connectivity index (χ0v) is 9.23. The van der Waals surface area contributed by atoms with Crippen LogP contribution in [0.4, 0.5) is 0 Å². The van der Waals surface area contributed by atoms with E-state index in [-0.39, 0.29) is 6.04 Å². The van der Waals surface area contributed by atoms with Crippen molar-refractivity contribution < 1.29 is 4.74 Å². The van der Waals surface area contributed by atoms with Crippen molar-refractivity contribution in [3.63, 3.8) is 0 Å². The number of nitrogens with one attached hydrogen (secondary N) is 1. The Morgan fingerprint density at radius 1 is 1.62 bits per heavy atom. The Balaban J connectivity index is 2.11. The average molecular weight is 219 g/mol. The standard InChI is InChI=1S/C12H17N3O/c1-2-6-14-8-5-11(13)10-16-12-4-3-7-15-9-12/h1,3-4,7,9,11,14H,5-6,8,10,13H2. The van der Waals surface area contributed by atoms with Crippen molar-refractivity contribution in [2.45, 2.75) is 12.5 Å². The van der Waals surface area contributed by atoms with Gasteiger partial charge >= 0.3 is 0 Å². The Labute approximate surface area is 96.2 Å². The molecule has 1 atom stereocenters. The third-order valence-corrected chi connectivity index (χ3v) is 2.02. The van der Waals surface area contributed by atoms with E-state index in [1.165, 1.54) is 0 Å². The lowest BCUT2D eigenvalue weighted by molar-refractivity contribution is 0.280. The van der Waals surface area contributed by atoms with Gasteiger partial charge < -0.3 is 15.8 Å². The lowest BCUT2D eigenvalue weighted by Gasteiger charge is -2.12. The third-order valence-electron chi connectivity index (χ3n) is 2.02. The zero-order chi connectivity index (χ0) is 11.6. The van der Waals surface area contributed by atoms with Gasteiger partial charge in [-0.3, -0.25) is 4.98 Å². The van der Waals surface area contributed by atoms with E-state index < -0.39 is 0 Å². The summed E-state index contributed by atoms with van der Waals surface area (Å²) in [5.41, 5.74) is 5.87. The zero-order valence-electron chi connectivity index (χ0n) is 9.23. The first-order chi connectivity index (χ1) is 7.83. The Kier molecular flexibility index (Phi) is 6.00. The summed E-state index contributed by atoms with van der Waals surface area (Å²) in [5.74, 6) is 3.25. The van der Waals surface area contributed by atoms with E-state index in [0.29, 0.717) is 13.2 Å². The van der Waals surface area contributed by atoms with Crippen LogP contribution in [0.3, 0.4) is 0 Å². The molecule has 1 heterocycles. The number of hydrogen-bond acceptors (Lipinski definition) is 4. The van der Waals surface area contributed by atoms with E-state index in [4.69, 9.17) is 16.9 Å². The van der Waals surface area contributed by atoms with Gasteiger partial charge in [-0.25, -0.2) is 0 Å². The third kappa shape index (κ3) is 5.35. The Morgan fingerprint density at radius 2 is 2.50 bits per heavy atom. The smallest absolute Gasteiger partial charge is 0.137 e. The minimum Gasteiger partial charge on any atom is -0.490 e. The number of nitrogens with zero attached hydrogens (tertiary/aromatic N) is 1. The number of terminal acetylenes is 1.